The van der Waals surface area contributed by atoms with E-state index in [1.807, 2.05) is 0 Å². The number of nitrogens with one attached hydrogen (secondary N) is 1. The molecule has 1 amide bonds. The molecule has 2 aliphatic rings. The zero-order valence-electron chi connectivity index (χ0n) is 17.1. The highest BCUT2D eigenvalue weighted by atomic mass is 32.2. The van der Waals surface area contributed by atoms with E-state index in [2.05, 4.69) is 26.2 Å². The van der Waals surface area contributed by atoms with Crippen LogP contribution in [0.15, 0.2) is 29.5 Å². The van der Waals surface area contributed by atoms with Crippen molar-refractivity contribution >= 4 is 28.5 Å². The fraction of sp³-hybridized carbons (Fsp3) is 0.333. The lowest BCUT2D eigenvalue weighted by Crippen LogP contribution is -2.39. The van der Waals surface area contributed by atoms with Gasteiger partial charge >= 0.3 is 0 Å². The molecule has 1 aromatic carbocycles. The predicted molar refractivity (Wildman–Crippen MR) is 114 cm³/mol. The molecule has 172 valence electrons. The largest absolute Gasteiger partial charge is 0.463 e. The van der Waals surface area contributed by atoms with Crippen LogP contribution in [0.4, 0.5) is 23.2 Å². The third-order valence-corrected chi connectivity index (χ3v) is 6.94. The molecule has 3 atom stereocenters. The van der Waals surface area contributed by atoms with Gasteiger partial charge in [0.15, 0.2) is 23.4 Å². The lowest BCUT2D eigenvalue weighted by molar-refractivity contribution is 0.102. The van der Waals surface area contributed by atoms with Crippen LogP contribution in [-0.4, -0.2) is 38.8 Å². The molecule has 1 saturated carbocycles. The Labute approximate surface area is 190 Å². The van der Waals surface area contributed by atoms with Crippen LogP contribution < -0.4 is 15.8 Å². The SMILES string of the molecule is C#CCOc1cnc(C(=O)Nc2cc(F)c(F)c([C@]3(C)N=C(N)S[C@@]4(C(F)F)C[C@@H]34)c2)cn1. The minimum Gasteiger partial charge on any atom is -0.463 e. The second kappa shape index (κ2) is 8.22. The number of hydrogen-bond acceptors (Lipinski definition) is 7. The molecule has 12 heteroatoms. The van der Waals surface area contributed by atoms with E-state index in [0.29, 0.717) is 0 Å². The summed E-state index contributed by atoms with van der Waals surface area (Å²) in [7, 11) is 0. The Balaban J connectivity index is 1.63. The number of halogens is 4. The quantitative estimate of drug-likeness (QED) is 0.487. The highest BCUT2D eigenvalue weighted by Gasteiger charge is 2.71. The Morgan fingerprint density at radius 1 is 1.39 bits per heavy atom. The molecule has 1 aromatic heterocycles. The van der Waals surface area contributed by atoms with Gasteiger partial charge < -0.3 is 15.8 Å². The highest BCUT2D eigenvalue weighted by molar-refractivity contribution is 8.15. The molecule has 0 saturated heterocycles. The summed E-state index contributed by atoms with van der Waals surface area (Å²) in [5, 5.41) is 2.27. The first-order valence-electron chi connectivity index (χ1n) is 9.62. The van der Waals surface area contributed by atoms with E-state index in [0.717, 1.165) is 30.1 Å². The molecule has 0 spiro atoms. The second-order valence-electron chi connectivity index (χ2n) is 7.72. The number of carbonyl (C=O) groups is 1. The maximum atomic E-state index is 14.8. The van der Waals surface area contributed by atoms with Crippen LogP contribution in [0, 0.1) is 29.9 Å². The number of thioether (sulfide) groups is 1. The smallest absolute Gasteiger partial charge is 0.275 e. The van der Waals surface area contributed by atoms with Crippen molar-refractivity contribution in [3.8, 4) is 18.2 Å². The van der Waals surface area contributed by atoms with E-state index in [1.165, 1.54) is 13.1 Å². The number of nitrogens with zero attached hydrogens (tertiary/aromatic N) is 3. The minimum absolute atomic E-state index is 0.0318. The summed E-state index contributed by atoms with van der Waals surface area (Å²) in [4.78, 5) is 24.5. The first-order chi connectivity index (χ1) is 15.6. The molecule has 2 aromatic rings. The third-order valence-electron chi connectivity index (χ3n) is 5.63. The average Bonchev–Trinajstić information content (AvgIpc) is 3.52. The van der Waals surface area contributed by atoms with E-state index >= 15 is 0 Å². The van der Waals surface area contributed by atoms with Gasteiger partial charge in [-0.25, -0.2) is 27.5 Å². The van der Waals surface area contributed by atoms with Crippen molar-refractivity contribution in [2.24, 2.45) is 16.6 Å². The first kappa shape index (κ1) is 22.8. The molecular formula is C21H17F4N5O2S. The van der Waals surface area contributed by atoms with Gasteiger partial charge in [-0.3, -0.25) is 9.79 Å². The van der Waals surface area contributed by atoms with Crippen molar-refractivity contribution in [3.63, 3.8) is 0 Å². The number of aromatic nitrogens is 2. The van der Waals surface area contributed by atoms with Gasteiger partial charge in [-0.15, -0.1) is 6.42 Å². The van der Waals surface area contributed by atoms with Crippen LogP contribution in [0.5, 0.6) is 5.88 Å². The number of amidine groups is 1. The van der Waals surface area contributed by atoms with Gasteiger partial charge in [0.25, 0.3) is 12.3 Å². The zero-order valence-corrected chi connectivity index (χ0v) is 17.9. The van der Waals surface area contributed by atoms with Crippen molar-refractivity contribution < 1.29 is 27.1 Å². The fourth-order valence-corrected chi connectivity index (χ4v) is 5.29. The van der Waals surface area contributed by atoms with Gasteiger partial charge in [-0.1, -0.05) is 17.7 Å². The minimum atomic E-state index is -2.72. The molecular weight excluding hydrogens is 462 g/mol. The molecule has 4 rings (SSSR count). The van der Waals surface area contributed by atoms with Gasteiger partial charge in [0.05, 0.1) is 22.7 Å². The van der Waals surface area contributed by atoms with Crippen molar-refractivity contribution in [2.75, 3.05) is 11.9 Å². The number of fused-ring (bicyclic) bond motifs is 1. The maximum absolute atomic E-state index is 14.8. The molecule has 7 nitrogen and oxygen atoms in total. The number of terminal acetylenes is 1. The Hall–Kier alpha value is -3.33. The number of anilines is 1. The third kappa shape index (κ3) is 3.97. The summed E-state index contributed by atoms with van der Waals surface area (Å²) in [5.74, 6) is -1.69. The molecule has 0 unspecified atom stereocenters. The van der Waals surface area contributed by atoms with Crippen LogP contribution in [0.1, 0.15) is 29.4 Å². The monoisotopic (exact) mass is 479 g/mol. The normalized spacial score (nSPS) is 25.6. The van der Waals surface area contributed by atoms with Gasteiger partial charge in [-0.05, 0) is 19.4 Å². The maximum Gasteiger partial charge on any atom is 0.275 e. The molecule has 1 aliphatic heterocycles. The van der Waals surface area contributed by atoms with E-state index in [1.54, 1.807) is 0 Å². The molecule has 1 fully saturated rings. The number of carbonyl (C=O) groups excluding carboxylic acids is 1. The summed E-state index contributed by atoms with van der Waals surface area (Å²) in [6.45, 7) is 1.40. The summed E-state index contributed by atoms with van der Waals surface area (Å²) in [6.07, 6.45) is 4.70. The van der Waals surface area contributed by atoms with Crippen LogP contribution in [-0.2, 0) is 5.54 Å². The number of nitrogens with two attached hydrogens (primary N) is 1. The highest BCUT2D eigenvalue weighted by Crippen LogP contribution is 2.68. The molecule has 2 heterocycles. The number of ether oxygens (including phenoxy) is 1. The van der Waals surface area contributed by atoms with E-state index < -0.39 is 40.2 Å². The second-order valence-corrected chi connectivity index (χ2v) is 9.10. The van der Waals surface area contributed by atoms with Crippen molar-refractivity contribution in [2.45, 2.75) is 30.1 Å². The van der Waals surface area contributed by atoms with Gasteiger partial charge in [0, 0.05) is 23.2 Å². The Morgan fingerprint density at radius 3 is 2.79 bits per heavy atom. The number of amides is 1. The Kier molecular flexibility index (Phi) is 5.69. The van der Waals surface area contributed by atoms with Gasteiger partial charge in [0.1, 0.15) is 5.69 Å². The van der Waals surface area contributed by atoms with Crippen molar-refractivity contribution in [1.29, 1.82) is 0 Å². The fourth-order valence-electron chi connectivity index (χ4n) is 3.95. The molecule has 0 bridgehead atoms. The van der Waals surface area contributed by atoms with E-state index in [-0.39, 0.29) is 41.0 Å². The van der Waals surface area contributed by atoms with E-state index in [9.17, 15) is 22.4 Å². The number of rotatable bonds is 6. The average molecular weight is 479 g/mol. The van der Waals surface area contributed by atoms with Gasteiger partial charge in [-0.2, -0.15) is 0 Å². The van der Waals surface area contributed by atoms with E-state index in [4.69, 9.17) is 16.9 Å². The Morgan fingerprint density at radius 2 is 2.15 bits per heavy atom. The van der Waals surface area contributed by atoms with Crippen LogP contribution >= 0.6 is 11.8 Å². The summed E-state index contributed by atoms with van der Waals surface area (Å²) >= 11 is 0.751. The topological polar surface area (TPSA) is 102 Å². The van der Waals surface area contributed by atoms with Gasteiger partial charge in [0.2, 0.25) is 5.88 Å². The van der Waals surface area contributed by atoms with Crippen molar-refractivity contribution in [3.05, 3.63) is 47.4 Å². The molecule has 0 radical (unpaired) electrons. The summed E-state index contributed by atoms with van der Waals surface area (Å²) < 4.78 is 60.3. The first-order valence-corrected chi connectivity index (χ1v) is 10.4. The number of aliphatic imine (C=N–C) groups is 1. The number of hydrogen-bond donors (Lipinski definition) is 2. The summed E-state index contributed by atoms with van der Waals surface area (Å²) in [5.41, 5.74) is 3.72. The zero-order chi connectivity index (χ0) is 24.0. The number of benzene rings is 1. The number of alkyl halides is 2. The lowest BCUT2D eigenvalue weighted by Gasteiger charge is -2.34. The molecule has 3 N–H and O–H groups in total. The van der Waals surface area contributed by atoms with Crippen molar-refractivity contribution in [1.82, 2.24) is 9.97 Å². The predicted octanol–water partition coefficient (Wildman–Crippen LogP) is 3.32. The van der Waals surface area contributed by atoms with Crippen LogP contribution in [0.3, 0.4) is 0 Å². The summed E-state index contributed by atoms with van der Waals surface area (Å²) in [6, 6.07) is 1.94. The molecule has 1 aliphatic carbocycles. The van der Waals surface area contributed by atoms with Crippen LogP contribution in [0.25, 0.3) is 0 Å². The Bertz CT molecular complexity index is 1190. The lowest BCUT2D eigenvalue weighted by atomic mass is 9.85. The van der Waals surface area contributed by atoms with Crippen LogP contribution in [0.2, 0.25) is 0 Å². The molecule has 33 heavy (non-hydrogen) atoms. The standard InChI is InChI=1S/C21H17F4N5O2S/c1-3-4-32-15-9-27-13(8-28-15)17(31)29-10-5-11(16(23)12(22)6-10)20(2)14-7-21(14,18(24)25)33-19(26)30-20/h1,5-6,8-9,14,18H,4,7H2,2H3,(H2,26,30)(H,29,31)/t14-,20-,21-/m0/s1.